The van der Waals surface area contributed by atoms with Crippen LogP contribution in [0.3, 0.4) is 0 Å². The highest BCUT2D eigenvalue weighted by Crippen LogP contribution is 1.91. The predicted molar refractivity (Wildman–Crippen MR) is 37.0 cm³/mol. The third kappa shape index (κ3) is 3.97. The van der Waals surface area contributed by atoms with Crippen LogP contribution in [-0.2, 0) is 4.79 Å². The Hall–Kier alpha value is -0.570. The molecule has 0 aromatic heterocycles. The molecular formula is C6H14N2O. The van der Waals surface area contributed by atoms with Gasteiger partial charge in [0, 0.05) is 19.5 Å². The maximum absolute atomic E-state index is 10.6. The minimum atomic E-state index is 0.0179. The number of nitrogens with one attached hydrogen (secondary N) is 1. The van der Waals surface area contributed by atoms with Gasteiger partial charge in [-0.15, -0.1) is 0 Å². The van der Waals surface area contributed by atoms with Gasteiger partial charge < -0.3 is 11.1 Å². The van der Waals surface area contributed by atoms with E-state index in [1.54, 1.807) is 7.05 Å². The van der Waals surface area contributed by atoms with Crippen LogP contribution in [0.25, 0.3) is 0 Å². The summed E-state index contributed by atoms with van der Waals surface area (Å²) in [7, 11) is 1.62. The molecule has 0 spiro atoms. The van der Waals surface area contributed by atoms with Crippen molar-refractivity contribution < 1.29 is 4.79 Å². The van der Waals surface area contributed by atoms with Crippen LogP contribution >= 0.6 is 0 Å². The van der Waals surface area contributed by atoms with Gasteiger partial charge in [-0.1, -0.05) is 6.92 Å². The zero-order chi connectivity index (χ0) is 7.28. The lowest BCUT2D eigenvalue weighted by molar-refractivity contribution is -0.120. The number of amides is 1. The Morgan fingerprint density at radius 1 is 1.78 bits per heavy atom. The van der Waals surface area contributed by atoms with Crippen LogP contribution < -0.4 is 11.1 Å². The molecule has 0 fully saturated rings. The molecule has 0 unspecified atom stereocenters. The van der Waals surface area contributed by atoms with Crippen molar-refractivity contribution in [2.75, 3.05) is 7.05 Å². The van der Waals surface area contributed by atoms with Crippen molar-refractivity contribution in [2.45, 2.75) is 25.8 Å². The fraction of sp³-hybridized carbons (Fsp3) is 0.833. The predicted octanol–water partition coefficient (Wildman–Crippen LogP) is -0.140. The molecule has 0 radical (unpaired) electrons. The first-order valence-corrected chi connectivity index (χ1v) is 3.16. The quantitative estimate of drug-likeness (QED) is 0.558. The SMILES string of the molecule is CC[C@H](N)CC(=O)NC. The molecule has 1 atom stereocenters. The van der Waals surface area contributed by atoms with Crippen LogP contribution in [0, 0.1) is 0 Å². The highest BCUT2D eigenvalue weighted by atomic mass is 16.1. The molecule has 0 saturated heterocycles. The monoisotopic (exact) mass is 130 g/mol. The highest BCUT2D eigenvalue weighted by molar-refractivity contribution is 5.76. The maximum Gasteiger partial charge on any atom is 0.221 e. The lowest BCUT2D eigenvalue weighted by atomic mass is 10.2. The molecule has 0 heterocycles. The van der Waals surface area contributed by atoms with Gasteiger partial charge >= 0.3 is 0 Å². The van der Waals surface area contributed by atoms with E-state index in [2.05, 4.69) is 5.32 Å². The van der Waals surface area contributed by atoms with Crippen LogP contribution in [-0.4, -0.2) is 19.0 Å². The van der Waals surface area contributed by atoms with Gasteiger partial charge in [0.2, 0.25) is 5.91 Å². The number of carbonyl (C=O) groups excluding carboxylic acids is 1. The summed E-state index contributed by atoms with van der Waals surface area (Å²) >= 11 is 0. The molecule has 3 nitrogen and oxygen atoms in total. The van der Waals surface area contributed by atoms with Gasteiger partial charge in [-0.25, -0.2) is 0 Å². The number of rotatable bonds is 3. The average Bonchev–Trinajstić information content (AvgIpc) is 1.87. The van der Waals surface area contributed by atoms with Gasteiger partial charge in [-0.05, 0) is 6.42 Å². The summed E-state index contributed by atoms with van der Waals surface area (Å²) in [6, 6.07) is 0.0185. The van der Waals surface area contributed by atoms with Crippen LogP contribution in [0.4, 0.5) is 0 Å². The third-order valence-electron chi connectivity index (χ3n) is 1.25. The maximum atomic E-state index is 10.6. The zero-order valence-electron chi connectivity index (χ0n) is 5.98. The summed E-state index contributed by atoms with van der Waals surface area (Å²) in [6.07, 6.45) is 1.29. The van der Waals surface area contributed by atoms with Crippen LogP contribution in [0.2, 0.25) is 0 Å². The van der Waals surface area contributed by atoms with E-state index in [-0.39, 0.29) is 11.9 Å². The molecule has 3 N–H and O–H groups in total. The Balaban J connectivity index is 3.34. The molecular weight excluding hydrogens is 116 g/mol. The summed E-state index contributed by atoms with van der Waals surface area (Å²) in [4.78, 5) is 10.6. The molecule has 0 aromatic carbocycles. The molecule has 3 heteroatoms. The molecule has 0 saturated carbocycles. The van der Waals surface area contributed by atoms with Crippen LogP contribution in [0.5, 0.6) is 0 Å². The Morgan fingerprint density at radius 3 is 2.67 bits per heavy atom. The Morgan fingerprint density at radius 2 is 2.33 bits per heavy atom. The number of hydrogen-bond acceptors (Lipinski definition) is 2. The van der Waals surface area contributed by atoms with Crippen molar-refractivity contribution in [3.63, 3.8) is 0 Å². The average molecular weight is 130 g/mol. The summed E-state index contributed by atoms with van der Waals surface area (Å²) < 4.78 is 0. The van der Waals surface area contributed by atoms with E-state index in [0.717, 1.165) is 6.42 Å². The van der Waals surface area contributed by atoms with E-state index in [1.165, 1.54) is 0 Å². The molecule has 0 aliphatic carbocycles. The van der Waals surface area contributed by atoms with E-state index in [9.17, 15) is 4.79 Å². The Labute approximate surface area is 55.6 Å². The number of hydrogen-bond donors (Lipinski definition) is 2. The largest absolute Gasteiger partial charge is 0.359 e. The topological polar surface area (TPSA) is 55.1 Å². The van der Waals surface area contributed by atoms with Gasteiger partial charge in [-0.3, -0.25) is 4.79 Å². The lowest BCUT2D eigenvalue weighted by Crippen LogP contribution is -2.28. The van der Waals surface area contributed by atoms with Crippen molar-refractivity contribution in [3.05, 3.63) is 0 Å². The van der Waals surface area contributed by atoms with E-state index in [1.807, 2.05) is 6.92 Å². The molecule has 54 valence electrons. The molecule has 1 amide bonds. The zero-order valence-corrected chi connectivity index (χ0v) is 5.98. The fourth-order valence-electron chi connectivity index (χ4n) is 0.485. The van der Waals surface area contributed by atoms with Crippen molar-refractivity contribution >= 4 is 5.91 Å². The highest BCUT2D eigenvalue weighted by Gasteiger charge is 2.03. The minimum absolute atomic E-state index is 0.0179. The fourth-order valence-corrected chi connectivity index (χ4v) is 0.485. The number of nitrogens with two attached hydrogens (primary N) is 1. The smallest absolute Gasteiger partial charge is 0.221 e. The van der Waals surface area contributed by atoms with Crippen molar-refractivity contribution in [2.24, 2.45) is 5.73 Å². The van der Waals surface area contributed by atoms with E-state index in [0.29, 0.717) is 6.42 Å². The number of carbonyl (C=O) groups is 1. The molecule has 0 bridgehead atoms. The normalized spacial score (nSPS) is 12.8. The molecule has 0 aliphatic rings. The van der Waals surface area contributed by atoms with E-state index in [4.69, 9.17) is 5.73 Å². The van der Waals surface area contributed by atoms with Crippen molar-refractivity contribution in [1.82, 2.24) is 5.32 Å². The molecule has 9 heavy (non-hydrogen) atoms. The first-order valence-electron chi connectivity index (χ1n) is 3.16. The lowest BCUT2D eigenvalue weighted by Gasteiger charge is -2.05. The first-order chi connectivity index (χ1) is 4.20. The van der Waals surface area contributed by atoms with Gasteiger partial charge in [0.25, 0.3) is 0 Å². The summed E-state index contributed by atoms with van der Waals surface area (Å²) in [5, 5.41) is 2.51. The van der Waals surface area contributed by atoms with Gasteiger partial charge in [-0.2, -0.15) is 0 Å². The third-order valence-corrected chi connectivity index (χ3v) is 1.25. The van der Waals surface area contributed by atoms with E-state index >= 15 is 0 Å². The van der Waals surface area contributed by atoms with Crippen molar-refractivity contribution in [3.8, 4) is 0 Å². The summed E-state index contributed by atoms with van der Waals surface area (Å²) in [5.41, 5.74) is 5.49. The van der Waals surface area contributed by atoms with Gasteiger partial charge in [0.1, 0.15) is 0 Å². The van der Waals surface area contributed by atoms with Gasteiger partial charge in [0.15, 0.2) is 0 Å². The Bertz CT molecular complexity index is 93.1. The Kier molecular flexibility index (Phi) is 4.05. The second kappa shape index (κ2) is 4.32. The van der Waals surface area contributed by atoms with Crippen LogP contribution in [0.15, 0.2) is 0 Å². The molecule has 0 aliphatic heterocycles. The van der Waals surface area contributed by atoms with E-state index < -0.39 is 0 Å². The summed E-state index contributed by atoms with van der Waals surface area (Å²) in [6.45, 7) is 1.97. The molecule has 0 aromatic rings. The minimum Gasteiger partial charge on any atom is -0.359 e. The second-order valence-electron chi connectivity index (χ2n) is 2.05. The van der Waals surface area contributed by atoms with Crippen LogP contribution in [0.1, 0.15) is 19.8 Å². The first kappa shape index (κ1) is 8.43. The second-order valence-corrected chi connectivity index (χ2v) is 2.05. The standard InChI is InChI=1S/C6H14N2O/c1-3-5(7)4-6(9)8-2/h5H,3-4,7H2,1-2H3,(H,8,9)/t5-/m0/s1. The molecule has 0 rings (SSSR count). The van der Waals surface area contributed by atoms with Gasteiger partial charge in [0.05, 0.1) is 0 Å². The van der Waals surface area contributed by atoms with Crippen molar-refractivity contribution in [1.29, 1.82) is 0 Å². The summed E-state index contributed by atoms with van der Waals surface area (Å²) in [5.74, 6) is 0.0179.